The molecule has 78 valence electrons. The van der Waals surface area contributed by atoms with Gasteiger partial charge < -0.3 is 5.11 Å². The van der Waals surface area contributed by atoms with Crippen LogP contribution < -0.4 is 0 Å². The van der Waals surface area contributed by atoms with Gasteiger partial charge >= 0.3 is 0 Å². The van der Waals surface area contributed by atoms with E-state index in [0.717, 1.165) is 17.6 Å². The summed E-state index contributed by atoms with van der Waals surface area (Å²) in [5.41, 5.74) is 2.00. The number of carbonyl (C=O) groups is 1. The van der Waals surface area contributed by atoms with Crippen molar-refractivity contribution in [3.63, 3.8) is 0 Å². The van der Waals surface area contributed by atoms with Gasteiger partial charge in [-0.3, -0.25) is 4.79 Å². The zero-order valence-electron chi connectivity index (χ0n) is 8.73. The van der Waals surface area contributed by atoms with Gasteiger partial charge in [-0.1, -0.05) is 19.1 Å². The minimum atomic E-state index is 0.187. The molecule has 0 aliphatic heterocycles. The third-order valence-corrected chi connectivity index (χ3v) is 2.85. The van der Waals surface area contributed by atoms with E-state index in [2.05, 4.69) is 6.92 Å². The van der Waals surface area contributed by atoms with E-state index in [9.17, 15) is 9.90 Å². The number of benzene rings is 1. The quantitative estimate of drug-likeness (QED) is 0.760. The fraction of sp³-hybridized carbons (Fsp3) is 0.308. The summed E-state index contributed by atoms with van der Waals surface area (Å²) >= 11 is 0. The van der Waals surface area contributed by atoms with Crippen molar-refractivity contribution < 1.29 is 9.90 Å². The Morgan fingerprint density at radius 1 is 1.40 bits per heavy atom. The Morgan fingerprint density at radius 2 is 2.20 bits per heavy atom. The molecule has 0 spiro atoms. The van der Waals surface area contributed by atoms with Crippen molar-refractivity contribution in [2.45, 2.75) is 19.8 Å². The molecule has 2 heteroatoms. The molecule has 0 fully saturated rings. The lowest BCUT2D eigenvalue weighted by Crippen LogP contribution is -2.10. The maximum absolute atomic E-state index is 11.3. The van der Waals surface area contributed by atoms with Crippen LogP contribution in [0.25, 0.3) is 5.57 Å². The second-order valence-corrected chi connectivity index (χ2v) is 4.06. The van der Waals surface area contributed by atoms with Crippen LogP contribution in [0.15, 0.2) is 30.3 Å². The van der Waals surface area contributed by atoms with Crippen molar-refractivity contribution in [2.75, 3.05) is 0 Å². The number of ketones is 1. The molecule has 2 nitrogen and oxygen atoms in total. The highest BCUT2D eigenvalue weighted by Crippen LogP contribution is 2.31. The minimum Gasteiger partial charge on any atom is -0.508 e. The van der Waals surface area contributed by atoms with Crippen molar-refractivity contribution in [3.8, 4) is 5.75 Å². The summed E-state index contributed by atoms with van der Waals surface area (Å²) in [5, 5.41) is 9.38. The molecule has 1 aromatic carbocycles. The molecule has 0 saturated heterocycles. The SMILES string of the molecule is CC1CCC(=O)C=C1c1cccc(O)c1. The highest BCUT2D eigenvalue weighted by atomic mass is 16.3. The van der Waals surface area contributed by atoms with Crippen molar-refractivity contribution in [2.24, 2.45) is 5.92 Å². The second-order valence-electron chi connectivity index (χ2n) is 4.06. The molecule has 2 rings (SSSR count). The van der Waals surface area contributed by atoms with Crippen LogP contribution in [0.1, 0.15) is 25.3 Å². The molecule has 1 unspecified atom stereocenters. The summed E-state index contributed by atoms with van der Waals surface area (Å²) in [6.07, 6.45) is 3.26. The first-order valence-corrected chi connectivity index (χ1v) is 5.20. The Morgan fingerprint density at radius 3 is 2.93 bits per heavy atom. The van der Waals surface area contributed by atoms with Gasteiger partial charge in [0.05, 0.1) is 0 Å². The van der Waals surface area contributed by atoms with Gasteiger partial charge in [-0.2, -0.15) is 0 Å². The highest BCUT2D eigenvalue weighted by molar-refractivity contribution is 5.98. The van der Waals surface area contributed by atoms with E-state index >= 15 is 0 Å². The number of carbonyl (C=O) groups excluding carboxylic acids is 1. The Labute approximate surface area is 89.2 Å². The number of hydrogen-bond donors (Lipinski definition) is 1. The van der Waals surface area contributed by atoms with Crippen molar-refractivity contribution in [3.05, 3.63) is 35.9 Å². The third-order valence-electron chi connectivity index (χ3n) is 2.85. The van der Waals surface area contributed by atoms with Crippen LogP contribution in [0.4, 0.5) is 0 Å². The summed E-state index contributed by atoms with van der Waals surface area (Å²) in [4.78, 5) is 11.3. The maximum atomic E-state index is 11.3. The number of aromatic hydroxyl groups is 1. The van der Waals surface area contributed by atoms with Crippen molar-refractivity contribution in [1.29, 1.82) is 0 Å². The van der Waals surface area contributed by atoms with Crippen LogP contribution in [-0.4, -0.2) is 10.9 Å². The maximum Gasteiger partial charge on any atom is 0.156 e. The van der Waals surface area contributed by atoms with Crippen LogP contribution in [0.2, 0.25) is 0 Å². The normalized spacial score (nSPS) is 21.3. The zero-order valence-corrected chi connectivity index (χ0v) is 8.73. The van der Waals surface area contributed by atoms with E-state index in [1.54, 1.807) is 24.3 Å². The van der Waals surface area contributed by atoms with E-state index < -0.39 is 0 Å². The Bertz CT molecular complexity index is 418. The second kappa shape index (κ2) is 3.89. The van der Waals surface area contributed by atoms with E-state index in [1.165, 1.54) is 0 Å². The molecule has 1 atom stereocenters. The van der Waals surface area contributed by atoms with Crippen LogP contribution in [0.3, 0.4) is 0 Å². The topological polar surface area (TPSA) is 37.3 Å². The summed E-state index contributed by atoms with van der Waals surface area (Å²) in [7, 11) is 0. The fourth-order valence-corrected chi connectivity index (χ4v) is 1.96. The summed E-state index contributed by atoms with van der Waals surface area (Å²) in [5.74, 6) is 0.828. The lowest BCUT2D eigenvalue weighted by atomic mass is 9.84. The lowest BCUT2D eigenvalue weighted by molar-refractivity contribution is -0.115. The van der Waals surface area contributed by atoms with Crippen LogP contribution >= 0.6 is 0 Å². The average molecular weight is 202 g/mol. The molecule has 1 aliphatic rings. The first-order valence-electron chi connectivity index (χ1n) is 5.20. The van der Waals surface area contributed by atoms with Gasteiger partial charge in [0.25, 0.3) is 0 Å². The first-order chi connectivity index (χ1) is 7.16. The Hall–Kier alpha value is -1.57. The Balaban J connectivity index is 2.41. The molecule has 1 N–H and O–H groups in total. The fourth-order valence-electron chi connectivity index (χ4n) is 1.96. The van der Waals surface area contributed by atoms with Crippen molar-refractivity contribution in [1.82, 2.24) is 0 Å². The van der Waals surface area contributed by atoms with Gasteiger partial charge in [0.15, 0.2) is 5.78 Å². The monoisotopic (exact) mass is 202 g/mol. The predicted octanol–water partition coefficient (Wildman–Crippen LogP) is 2.77. The van der Waals surface area contributed by atoms with Gasteiger partial charge in [-0.25, -0.2) is 0 Å². The highest BCUT2D eigenvalue weighted by Gasteiger charge is 2.18. The van der Waals surface area contributed by atoms with E-state index in [1.807, 2.05) is 6.07 Å². The molecule has 0 saturated carbocycles. The summed E-state index contributed by atoms with van der Waals surface area (Å²) in [6, 6.07) is 7.08. The summed E-state index contributed by atoms with van der Waals surface area (Å²) < 4.78 is 0. The molecular formula is C13H14O2. The number of allylic oxidation sites excluding steroid dienone is 2. The molecule has 1 aliphatic carbocycles. The van der Waals surface area contributed by atoms with Gasteiger partial charge in [0, 0.05) is 6.42 Å². The smallest absolute Gasteiger partial charge is 0.156 e. The molecular weight excluding hydrogens is 188 g/mol. The Kier molecular flexibility index (Phi) is 2.58. The molecule has 0 amide bonds. The molecule has 0 radical (unpaired) electrons. The zero-order chi connectivity index (χ0) is 10.8. The molecule has 0 heterocycles. The van der Waals surface area contributed by atoms with E-state index in [0.29, 0.717) is 12.3 Å². The number of hydrogen-bond acceptors (Lipinski definition) is 2. The lowest BCUT2D eigenvalue weighted by Gasteiger charge is -2.20. The molecule has 0 bridgehead atoms. The van der Waals surface area contributed by atoms with Gasteiger partial charge in [-0.05, 0) is 41.7 Å². The predicted molar refractivity (Wildman–Crippen MR) is 59.5 cm³/mol. The largest absolute Gasteiger partial charge is 0.508 e. The van der Waals surface area contributed by atoms with Crippen LogP contribution in [0.5, 0.6) is 5.75 Å². The van der Waals surface area contributed by atoms with Gasteiger partial charge in [0.1, 0.15) is 5.75 Å². The number of rotatable bonds is 1. The van der Waals surface area contributed by atoms with Crippen LogP contribution in [-0.2, 0) is 4.79 Å². The molecule has 0 aromatic heterocycles. The summed E-state index contributed by atoms with van der Waals surface area (Å²) in [6.45, 7) is 2.11. The third kappa shape index (κ3) is 2.09. The molecule has 15 heavy (non-hydrogen) atoms. The van der Waals surface area contributed by atoms with E-state index in [-0.39, 0.29) is 11.5 Å². The van der Waals surface area contributed by atoms with Gasteiger partial charge in [0.2, 0.25) is 0 Å². The van der Waals surface area contributed by atoms with Crippen molar-refractivity contribution >= 4 is 11.4 Å². The standard InChI is InChI=1S/C13H14O2/c1-9-5-6-12(15)8-13(9)10-3-2-4-11(14)7-10/h2-4,7-9,14H,5-6H2,1H3. The van der Waals surface area contributed by atoms with Gasteiger partial charge in [-0.15, -0.1) is 0 Å². The minimum absolute atomic E-state index is 0.187. The molecule has 1 aromatic rings. The van der Waals surface area contributed by atoms with E-state index in [4.69, 9.17) is 0 Å². The number of phenols is 1. The average Bonchev–Trinajstić information content (AvgIpc) is 2.22. The first kappa shape index (κ1) is 9.97. The van der Waals surface area contributed by atoms with Crippen LogP contribution in [0, 0.1) is 5.92 Å². The number of phenolic OH excluding ortho intramolecular Hbond substituents is 1.